The standard InChI is InChI=1S/C15H23N3/c1-14(2)11-5-6-15(3,9-11)13(14)18-10-12-16-7-4-8-17-12/h4,7-8,11,13,18H,5-6,9-10H2,1-3H3. The normalized spacial score (nSPS) is 37.1. The predicted octanol–water partition coefficient (Wildman–Crippen LogP) is 2.78. The number of hydrogen-bond donors (Lipinski definition) is 1. The van der Waals surface area contributed by atoms with Gasteiger partial charge in [-0.15, -0.1) is 0 Å². The monoisotopic (exact) mass is 245 g/mol. The molecular formula is C15H23N3. The van der Waals surface area contributed by atoms with Crippen LogP contribution in [0.4, 0.5) is 0 Å². The Morgan fingerprint density at radius 2 is 2.00 bits per heavy atom. The van der Waals surface area contributed by atoms with Crippen molar-refractivity contribution < 1.29 is 0 Å². The first-order valence-corrected chi connectivity index (χ1v) is 7.02. The summed E-state index contributed by atoms with van der Waals surface area (Å²) in [6.07, 6.45) is 7.79. The fourth-order valence-electron chi connectivity index (χ4n) is 4.43. The van der Waals surface area contributed by atoms with Crippen LogP contribution in [0.25, 0.3) is 0 Å². The van der Waals surface area contributed by atoms with Gasteiger partial charge in [0.2, 0.25) is 0 Å². The van der Waals surface area contributed by atoms with Gasteiger partial charge in [-0.05, 0) is 42.1 Å². The predicted molar refractivity (Wildman–Crippen MR) is 71.9 cm³/mol. The number of hydrogen-bond acceptors (Lipinski definition) is 3. The molecule has 2 saturated carbocycles. The van der Waals surface area contributed by atoms with E-state index in [1.165, 1.54) is 19.3 Å². The van der Waals surface area contributed by atoms with Crippen LogP contribution in [0.5, 0.6) is 0 Å². The molecule has 3 atom stereocenters. The molecule has 2 aliphatic carbocycles. The Kier molecular flexibility index (Phi) is 2.70. The Balaban J connectivity index is 1.73. The van der Waals surface area contributed by atoms with Crippen molar-refractivity contribution >= 4 is 0 Å². The lowest BCUT2D eigenvalue weighted by Gasteiger charge is -2.43. The van der Waals surface area contributed by atoms with Crippen LogP contribution in [0, 0.1) is 16.7 Å². The third-order valence-corrected chi connectivity index (χ3v) is 5.35. The Morgan fingerprint density at radius 1 is 1.28 bits per heavy atom. The molecule has 3 nitrogen and oxygen atoms in total. The van der Waals surface area contributed by atoms with Gasteiger partial charge < -0.3 is 5.32 Å². The molecule has 2 bridgehead atoms. The SMILES string of the molecule is CC12CCC(C1)C(C)(C)C2NCc1ncccn1. The van der Waals surface area contributed by atoms with Gasteiger partial charge in [-0.2, -0.15) is 0 Å². The minimum Gasteiger partial charge on any atom is -0.306 e. The lowest BCUT2D eigenvalue weighted by atomic mass is 9.68. The van der Waals surface area contributed by atoms with E-state index >= 15 is 0 Å². The quantitative estimate of drug-likeness (QED) is 0.890. The maximum Gasteiger partial charge on any atom is 0.141 e. The van der Waals surface area contributed by atoms with Crippen LogP contribution in [0.15, 0.2) is 18.5 Å². The summed E-state index contributed by atoms with van der Waals surface area (Å²) in [6.45, 7) is 8.08. The van der Waals surface area contributed by atoms with Gasteiger partial charge >= 0.3 is 0 Å². The molecule has 18 heavy (non-hydrogen) atoms. The lowest BCUT2D eigenvalue weighted by molar-refractivity contribution is 0.107. The van der Waals surface area contributed by atoms with Crippen LogP contribution in [-0.4, -0.2) is 16.0 Å². The first kappa shape index (κ1) is 12.1. The fraction of sp³-hybridized carbons (Fsp3) is 0.733. The molecule has 1 N–H and O–H groups in total. The smallest absolute Gasteiger partial charge is 0.141 e. The summed E-state index contributed by atoms with van der Waals surface area (Å²) >= 11 is 0. The van der Waals surface area contributed by atoms with Gasteiger partial charge in [0.25, 0.3) is 0 Å². The largest absolute Gasteiger partial charge is 0.306 e. The summed E-state index contributed by atoms with van der Waals surface area (Å²) in [4.78, 5) is 8.60. The second-order valence-electron chi connectivity index (χ2n) is 6.89. The number of nitrogens with zero attached hydrogens (tertiary/aromatic N) is 2. The Morgan fingerprint density at radius 3 is 2.61 bits per heavy atom. The van der Waals surface area contributed by atoms with Crippen molar-refractivity contribution in [2.45, 2.75) is 52.6 Å². The second kappa shape index (κ2) is 4.02. The molecule has 2 aliphatic rings. The third kappa shape index (κ3) is 1.76. The average Bonchev–Trinajstić information content (AvgIpc) is 2.81. The number of aromatic nitrogens is 2. The van der Waals surface area contributed by atoms with Crippen molar-refractivity contribution in [1.82, 2.24) is 15.3 Å². The average molecular weight is 245 g/mol. The minimum absolute atomic E-state index is 0.405. The van der Waals surface area contributed by atoms with Crippen molar-refractivity contribution in [3.05, 3.63) is 24.3 Å². The van der Waals surface area contributed by atoms with Crippen molar-refractivity contribution in [2.24, 2.45) is 16.7 Å². The molecule has 1 aromatic heterocycles. The zero-order valence-electron chi connectivity index (χ0n) is 11.6. The van der Waals surface area contributed by atoms with Crippen molar-refractivity contribution in [3.63, 3.8) is 0 Å². The van der Waals surface area contributed by atoms with E-state index < -0.39 is 0 Å². The van der Waals surface area contributed by atoms with Gasteiger partial charge in [-0.3, -0.25) is 0 Å². The van der Waals surface area contributed by atoms with E-state index in [2.05, 4.69) is 36.1 Å². The molecule has 0 aromatic carbocycles. The zero-order valence-corrected chi connectivity index (χ0v) is 11.6. The van der Waals surface area contributed by atoms with Crippen LogP contribution in [0.2, 0.25) is 0 Å². The summed E-state index contributed by atoms with van der Waals surface area (Å²) in [5.41, 5.74) is 0.880. The Hall–Kier alpha value is -0.960. The molecule has 3 unspecified atom stereocenters. The summed E-state index contributed by atoms with van der Waals surface area (Å²) in [5.74, 6) is 1.79. The van der Waals surface area contributed by atoms with Crippen LogP contribution < -0.4 is 5.32 Å². The van der Waals surface area contributed by atoms with Gasteiger partial charge in [-0.25, -0.2) is 9.97 Å². The molecule has 0 radical (unpaired) electrons. The van der Waals surface area contributed by atoms with E-state index in [0.29, 0.717) is 16.9 Å². The highest BCUT2D eigenvalue weighted by atomic mass is 15.0. The zero-order chi connectivity index (χ0) is 12.8. The first-order chi connectivity index (χ1) is 8.52. The summed E-state index contributed by atoms with van der Waals surface area (Å²) in [6, 6.07) is 2.46. The molecule has 3 rings (SSSR count). The molecule has 1 heterocycles. The maximum absolute atomic E-state index is 4.30. The molecule has 3 heteroatoms. The minimum atomic E-state index is 0.405. The molecule has 0 saturated heterocycles. The number of rotatable bonds is 3. The molecule has 2 fully saturated rings. The van der Waals surface area contributed by atoms with Gasteiger partial charge in [0.1, 0.15) is 5.82 Å². The van der Waals surface area contributed by atoms with E-state index in [1.807, 2.05) is 18.5 Å². The maximum atomic E-state index is 4.30. The van der Waals surface area contributed by atoms with Crippen LogP contribution in [-0.2, 0) is 6.54 Å². The third-order valence-electron chi connectivity index (χ3n) is 5.35. The van der Waals surface area contributed by atoms with Gasteiger partial charge in [0.05, 0.1) is 6.54 Å². The topological polar surface area (TPSA) is 37.8 Å². The molecule has 98 valence electrons. The van der Waals surface area contributed by atoms with Crippen LogP contribution >= 0.6 is 0 Å². The van der Waals surface area contributed by atoms with E-state index in [9.17, 15) is 0 Å². The number of nitrogens with one attached hydrogen (secondary N) is 1. The molecule has 0 spiro atoms. The van der Waals surface area contributed by atoms with Crippen LogP contribution in [0.3, 0.4) is 0 Å². The summed E-state index contributed by atoms with van der Waals surface area (Å²) < 4.78 is 0. The van der Waals surface area contributed by atoms with E-state index in [0.717, 1.165) is 18.3 Å². The Bertz CT molecular complexity index is 424. The molecule has 0 amide bonds. The fourth-order valence-corrected chi connectivity index (χ4v) is 4.43. The Labute approximate surface area is 109 Å². The summed E-state index contributed by atoms with van der Waals surface area (Å²) in [7, 11) is 0. The molecule has 1 aromatic rings. The van der Waals surface area contributed by atoms with Gasteiger partial charge in [-0.1, -0.05) is 20.8 Å². The van der Waals surface area contributed by atoms with Crippen LogP contribution in [0.1, 0.15) is 45.9 Å². The summed E-state index contributed by atoms with van der Waals surface area (Å²) in [5, 5.41) is 3.74. The molecule has 0 aliphatic heterocycles. The van der Waals surface area contributed by atoms with Crippen molar-refractivity contribution in [1.29, 1.82) is 0 Å². The highest BCUT2D eigenvalue weighted by Gasteiger charge is 2.58. The lowest BCUT2D eigenvalue weighted by Crippen LogP contribution is -2.50. The number of fused-ring (bicyclic) bond motifs is 2. The van der Waals surface area contributed by atoms with E-state index in [1.54, 1.807) is 0 Å². The highest BCUT2D eigenvalue weighted by Crippen LogP contribution is 2.62. The van der Waals surface area contributed by atoms with Gasteiger partial charge in [0.15, 0.2) is 0 Å². The van der Waals surface area contributed by atoms with E-state index in [-0.39, 0.29) is 0 Å². The van der Waals surface area contributed by atoms with E-state index in [4.69, 9.17) is 0 Å². The molecular weight excluding hydrogens is 222 g/mol. The van der Waals surface area contributed by atoms with Crippen molar-refractivity contribution in [3.8, 4) is 0 Å². The van der Waals surface area contributed by atoms with Gasteiger partial charge in [0, 0.05) is 18.4 Å². The second-order valence-corrected chi connectivity index (χ2v) is 6.89. The van der Waals surface area contributed by atoms with Crippen molar-refractivity contribution in [2.75, 3.05) is 0 Å². The first-order valence-electron chi connectivity index (χ1n) is 7.02. The highest BCUT2D eigenvalue weighted by molar-refractivity contribution is 5.12.